The highest BCUT2D eigenvalue weighted by Crippen LogP contribution is 2.27. The summed E-state index contributed by atoms with van der Waals surface area (Å²) in [6.07, 6.45) is 0.790. The van der Waals surface area contributed by atoms with Crippen molar-refractivity contribution in [1.82, 2.24) is 15.8 Å². The molecule has 0 aromatic heterocycles. The Labute approximate surface area is 174 Å². The fourth-order valence-corrected chi connectivity index (χ4v) is 4.38. The summed E-state index contributed by atoms with van der Waals surface area (Å²) in [5.41, 5.74) is 14.4. The number of nitrogens with zero attached hydrogens (tertiary/aromatic N) is 2. The Morgan fingerprint density at radius 1 is 0.897 bits per heavy atom. The number of hydrogen-bond donors (Lipinski definition) is 2. The van der Waals surface area contributed by atoms with Crippen molar-refractivity contribution < 1.29 is 4.79 Å². The number of aryl methyl sites for hydroxylation is 3. The third-order valence-corrected chi connectivity index (χ3v) is 6.64. The van der Waals surface area contributed by atoms with Gasteiger partial charge in [0.15, 0.2) is 0 Å². The number of carbonyl (C=O) groups excluding carboxylic acids is 1. The van der Waals surface area contributed by atoms with Crippen molar-refractivity contribution in [3.63, 3.8) is 0 Å². The minimum Gasteiger partial charge on any atom is -0.368 e. The van der Waals surface area contributed by atoms with Crippen molar-refractivity contribution in [1.29, 1.82) is 0 Å². The van der Waals surface area contributed by atoms with Crippen molar-refractivity contribution in [2.75, 3.05) is 31.1 Å². The van der Waals surface area contributed by atoms with E-state index in [4.69, 9.17) is 0 Å². The molecule has 2 unspecified atom stereocenters. The van der Waals surface area contributed by atoms with Crippen LogP contribution in [0.5, 0.6) is 0 Å². The number of benzene rings is 2. The number of hydrogen-bond acceptors (Lipinski definition) is 4. The molecular formula is C24H32N4O. The van der Waals surface area contributed by atoms with Crippen LogP contribution < -0.4 is 15.8 Å². The molecule has 2 saturated heterocycles. The zero-order valence-electron chi connectivity index (χ0n) is 18.0. The molecule has 2 atom stereocenters. The first kappa shape index (κ1) is 19.9. The first-order chi connectivity index (χ1) is 13.9. The van der Waals surface area contributed by atoms with Gasteiger partial charge in [0.2, 0.25) is 5.91 Å². The first-order valence-corrected chi connectivity index (χ1v) is 10.6. The minimum absolute atomic E-state index is 0.158. The van der Waals surface area contributed by atoms with Gasteiger partial charge in [-0.1, -0.05) is 30.3 Å². The number of amides is 1. The van der Waals surface area contributed by atoms with Crippen molar-refractivity contribution in [2.24, 2.45) is 0 Å². The Balaban J connectivity index is 1.35. The number of hydrazine groups is 1. The quantitative estimate of drug-likeness (QED) is 0.842. The van der Waals surface area contributed by atoms with Crippen LogP contribution >= 0.6 is 0 Å². The highest BCUT2D eigenvalue weighted by atomic mass is 16.2. The average molecular weight is 393 g/mol. The third-order valence-electron chi connectivity index (χ3n) is 6.64. The van der Waals surface area contributed by atoms with E-state index in [0.717, 1.165) is 32.6 Å². The van der Waals surface area contributed by atoms with Crippen LogP contribution in [-0.4, -0.2) is 43.0 Å². The van der Waals surface area contributed by atoms with E-state index in [9.17, 15) is 4.79 Å². The fourth-order valence-electron chi connectivity index (χ4n) is 4.38. The Bertz CT molecular complexity index is 902. The zero-order chi connectivity index (χ0) is 20.5. The molecule has 0 aliphatic carbocycles. The standard InChI is InChI=1S/C24H32N4O/c1-16-8-9-20(14-18(16)3)21-15-22(26-25-21)24(29)28-12-10-27(11-13-28)23-7-5-6-17(2)19(23)4/h5-9,14,21-22,25-26H,10-13,15H2,1-4H3. The molecule has 2 aliphatic rings. The maximum atomic E-state index is 13.1. The number of anilines is 1. The molecule has 2 aromatic carbocycles. The van der Waals surface area contributed by atoms with Gasteiger partial charge in [-0.2, -0.15) is 0 Å². The monoisotopic (exact) mass is 392 g/mol. The first-order valence-electron chi connectivity index (χ1n) is 10.6. The molecule has 2 aliphatic heterocycles. The van der Waals surface area contributed by atoms with Gasteiger partial charge in [0.1, 0.15) is 6.04 Å². The van der Waals surface area contributed by atoms with Gasteiger partial charge < -0.3 is 9.80 Å². The van der Waals surface area contributed by atoms with Crippen LogP contribution in [0.25, 0.3) is 0 Å². The smallest absolute Gasteiger partial charge is 0.241 e. The van der Waals surface area contributed by atoms with Crippen LogP contribution in [0, 0.1) is 27.7 Å². The van der Waals surface area contributed by atoms with E-state index in [2.05, 4.69) is 79.8 Å². The van der Waals surface area contributed by atoms with E-state index in [0.29, 0.717) is 0 Å². The molecule has 4 rings (SSSR count). The number of rotatable bonds is 3. The molecule has 2 fully saturated rings. The Morgan fingerprint density at radius 3 is 2.38 bits per heavy atom. The van der Waals surface area contributed by atoms with Gasteiger partial charge in [-0.15, -0.1) is 0 Å². The van der Waals surface area contributed by atoms with Crippen LogP contribution in [0.15, 0.2) is 36.4 Å². The summed E-state index contributed by atoms with van der Waals surface area (Å²) < 4.78 is 0. The summed E-state index contributed by atoms with van der Waals surface area (Å²) in [6, 6.07) is 13.0. The van der Waals surface area contributed by atoms with Crippen LogP contribution in [0.3, 0.4) is 0 Å². The second kappa shape index (κ2) is 8.17. The largest absolute Gasteiger partial charge is 0.368 e. The lowest BCUT2D eigenvalue weighted by atomic mass is 9.97. The second-order valence-corrected chi connectivity index (χ2v) is 8.50. The molecule has 0 bridgehead atoms. The van der Waals surface area contributed by atoms with E-state index < -0.39 is 0 Å². The highest BCUT2D eigenvalue weighted by molar-refractivity contribution is 5.82. The third kappa shape index (κ3) is 4.02. The van der Waals surface area contributed by atoms with Gasteiger partial charge >= 0.3 is 0 Å². The van der Waals surface area contributed by atoms with Crippen molar-refractivity contribution in [2.45, 2.75) is 46.2 Å². The molecule has 2 aromatic rings. The summed E-state index contributed by atoms with van der Waals surface area (Å²) in [5.74, 6) is 0.212. The molecule has 5 heteroatoms. The van der Waals surface area contributed by atoms with Gasteiger partial charge in [-0.25, -0.2) is 10.9 Å². The van der Waals surface area contributed by atoms with Crippen LogP contribution in [0.2, 0.25) is 0 Å². The number of nitrogens with one attached hydrogen (secondary N) is 2. The lowest BCUT2D eigenvalue weighted by Gasteiger charge is -2.38. The van der Waals surface area contributed by atoms with Crippen molar-refractivity contribution >= 4 is 11.6 Å². The molecule has 1 amide bonds. The van der Waals surface area contributed by atoms with Crippen LogP contribution in [-0.2, 0) is 4.79 Å². The maximum absolute atomic E-state index is 13.1. The normalized spacial score (nSPS) is 22.2. The van der Waals surface area contributed by atoms with Crippen LogP contribution in [0.1, 0.15) is 40.3 Å². The SMILES string of the molecule is Cc1ccc(C2CC(C(=O)N3CCN(c4cccc(C)c4C)CC3)NN2)cc1C. The Hall–Kier alpha value is -2.37. The van der Waals surface area contributed by atoms with Crippen molar-refractivity contribution in [3.8, 4) is 0 Å². The van der Waals surface area contributed by atoms with Gasteiger partial charge in [0.25, 0.3) is 0 Å². The summed E-state index contributed by atoms with van der Waals surface area (Å²) >= 11 is 0. The Kier molecular flexibility index (Phi) is 5.61. The van der Waals surface area contributed by atoms with Gasteiger partial charge in [-0.3, -0.25) is 4.79 Å². The topological polar surface area (TPSA) is 47.6 Å². The second-order valence-electron chi connectivity index (χ2n) is 8.50. The van der Waals surface area contributed by atoms with E-state index >= 15 is 0 Å². The molecule has 2 N–H and O–H groups in total. The zero-order valence-corrected chi connectivity index (χ0v) is 18.0. The average Bonchev–Trinajstić information content (AvgIpc) is 3.22. The lowest BCUT2D eigenvalue weighted by molar-refractivity contribution is -0.133. The predicted molar refractivity (Wildman–Crippen MR) is 118 cm³/mol. The summed E-state index contributed by atoms with van der Waals surface area (Å²) in [6.45, 7) is 11.9. The van der Waals surface area contributed by atoms with E-state index in [1.807, 2.05) is 4.90 Å². The molecular weight excluding hydrogens is 360 g/mol. The van der Waals surface area contributed by atoms with Crippen LogP contribution in [0.4, 0.5) is 5.69 Å². The van der Waals surface area contributed by atoms with E-state index in [1.54, 1.807) is 0 Å². The molecule has 29 heavy (non-hydrogen) atoms. The molecule has 154 valence electrons. The van der Waals surface area contributed by atoms with Gasteiger partial charge in [-0.05, 0) is 68.0 Å². The molecule has 0 radical (unpaired) electrons. The van der Waals surface area contributed by atoms with Crippen molar-refractivity contribution in [3.05, 3.63) is 64.2 Å². The molecule has 2 heterocycles. The molecule has 0 saturated carbocycles. The number of carbonyl (C=O) groups is 1. The van der Waals surface area contributed by atoms with E-state index in [1.165, 1.54) is 33.5 Å². The minimum atomic E-state index is -0.158. The summed E-state index contributed by atoms with van der Waals surface area (Å²) in [7, 11) is 0. The molecule has 0 spiro atoms. The summed E-state index contributed by atoms with van der Waals surface area (Å²) in [4.78, 5) is 17.5. The summed E-state index contributed by atoms with van der Waals surface area (Å²) in [5, 5.41) is 0. The lowest BCUT2D eigenvalue weighted by Crippen LogP contribution is -2.53. The fraction of sp³-hybridized carbons (Fsp3) is 0.458. The van der Waals surface area contributed by atoms with E-state index in [-0.39, 0.29) is 18.0 Å². The van der Waals surface area contributed by atoms with Gasteiger partial charge in [0.05, 0.1) is 0 Å². The highest BCUT2D eigenvalue weighted by Gasteiger charge is 2.34. The van der Waals surface area contributed by atoms with Gasteiger partial charge in [0, 0.05) is 37.9 Å². The maximum Gasteiger partial charge on any atom is 0.241 e. The molecule has 5 nitrogen and oxygen atoms in total. The predicted octanol–water partition coefficient (Wildman–Crippen LogP) is 3.18. The number of piperazine rings is 1. The Morgan fingerprint density at radius 2 is 1.66 bits per heavy atom.